The molecular formula is C28H32ClN3O4S. The Morgan fingerprint density at radius 1 is 0.946 bits per heavy atom. The number of anilines is 1. The first-order valence-electron chi connectivity index (χ1n) is 12.1. The molecule has 0 radical (unpaired) electrons. The highest BCUT2D eigenvalue weighted by Crippen LogP contribution is 2.26. The third-order valence-electron chi connectivity index (χ3n) is 5.90. The Morgan fingerprint density at radius 3 is 2.22 bits per heavy atom. The smallest absolute Gasteiger partial charge is 0.264 e. The summed E-state index contributed by atoms with van der Waals surface area (Å²) in [6.07, 6.45) is 0.374. The van der Waals surface area contributed by atoms with Crippen LogP contribution < -0.4 is 9.62 Å². The number of amides is 2. The lowest BCUT2D eigenvalue weighted by Crippen LogP contribution is -2.52. The van der Waals surface area contributed by atoms with Gasteiger partial charge in [-0.05, 0) is 67.8 Å². The van der Waals surface area contributed by atoms with Gasteiger partial charge >= 0.3 is 0 Å². The molecule has 0 bridgehead atoms. The van der Waals surface area contributed by atoms with Crippen molar-refractivity contribution in [1.29, 1.82) is 0 Å². The van der Waals surface area contributed by atoms with E-state index in [1.807, 2.05) is 57.2 Å². The Bertz CT molecular complexity index is 1310. The number of hydrogen-bond acceptors (Lipinski definition) is 4. The van der Waals surface area contributed by atoms with Crippen LogP contribution in [-0.2, 0) is 26.2 Å². The number of benzene rings is 3. The van der Waals surface area contributed by atoms with Crippen molar-refractivity contribution >= 4 is 39.1 Å². The minimum absolute atomic E-state index is 0.0107. The number of sulfonamides is 1. The number of rotatable bonds is 11. The summed E-state index contributed by atoms with van der Waals surface area (Å²) >= 11 is 5.98. The zero-order valence-electron chi connectivity index (χ0n) is 21.2. The molecule has 0 aromatic heterocycles. The highest BCUT2D eigenvalue weighted by Gasteiger charge is 2.33. The summed E-state index contributed by atoms with van der Waals surface area (Å²) in [6, 6.07) is 21.3. The third-order valence-corrected chi connectivity index (χ3v) is 7.94. The lowest BCUT2D eigenvalue weighted by molar-refractivity contribution is -0.140. The van der Waals surface area contributed by atoms with Gasteiger partial charge in [0.2, 0.25) is 11.8 Å². The Hall–Kier alpha value is -3.36. The van der Waals surface area contributed by atoms with Crippen LogP contribution in [0.25, 0.3) is 0 Å². The molecule has 2 amide bonds. The predicted octanol–water partition coefficient (Wildman–Crippen LogP) is 4.79. The van der Waals surface area contributed by atoms with Crippen LogP contribution in [0, 0.1) is 6.92 Å². The van der Waals surface area contributed by atoms with Gasteiger partial charge in [0, 0.05) is 18.1 Å². The van der Waals surface area contributed by atoms with Gasteiger partial charge < -0.3 is 10.2 Å². The molecule has 37 heavy (non-hydrogen) atoms. The molecule has 3 rings (SSSR count). The van der Waals surface area contributed by atoms with Crippen LogP contribution in [-0.4, -0.2) is 44.3 Å². The van der Waals surface area contributed by atoms with Gasteiger partial charge in [0.05, 0.1) is 10.6 Å². The van der Waals surface area contributed by atoms with Gasteiger partial charge in [-0.1, -0.05) is 61.0 Å². The lowest BCUT2D eigenvalue weighted by Gasteiger charge is -2.33. The Labute approximate surface area is 224 Å². The summed E-state index contributed by atoms with van der Waals surface area (Å²) in [7, 11) is -4.13. The van der Waals surface area contributed by atoms with Crippen molar-refractivity contribution in [1.82, 2.24) is 10.2 Å². The van der Waals surface area contributed by atoms with Gasteiger partial charge in [-0.2, -0.15) is 0 Å². The molecule has 196 valence electrons. The summed E-state index contributed by atoms with van der Waals surface area (Å²) < 4.78 is 28.7. The number of nitrogens with one attached hydrogen (secondary N) is 1. The second-order valence-electron chi connectivity index (χ2n) is 8.63. The summed E-state index contributed by atoms with van der Waals surface area (Å²) in [5.41, 5.74) is 2.03. The van der Waals surface area contributed by atoms with E-state index in [-0.39, 0.29) is 17.3 Å². The van der Waals surface area contributed by atoms with Crippen LogP contribution in [0.2, 0.25) is 5.02 Å². The Kier molecular flexibility index (Phi) is 9.72. The highest BCUT2D eigenvalue weighted by atomic mass is 35.5. The minimum Gasteiger partial charge on any atom is -0.355 e. The number of aryl methyl sites for hydroxylation is 1. The summed E-state index contributed by atoms with van der Waals surface area (Å²) in [4.78, 5) is 28.3. The van der Waals surface area contributed by atoms with E-state index in [0.29, 0.717) is 23.7 Å². The van der Waals surface area contributed by atoms with Gasteiger partial charge in [-0.15, -0.1) is 0 Å². The Balaban J connectivity index is 2.05. The van der Waals surface area contributed by atoms with Crippen LogP contribution in [0.1, 0.15) is 31.4 Å². The summed E-state index contributed by atoms with van der Waals surface area (Å²) in [5.74, 6) is -0.766. The topological polar surface area (TPSA) is 86.8 Å². The normalized spacial score (nSPS) is 12.0. The van der Waals surface area contributed by atoms with E-state index in [2.05, 4.69) is 5.32 Å². The minimum atomic E-state index is -4.13. The average Bonchev–Trinajstić information content (AvgIpc) is 2.88. The number of carbonyl (C=O) groups excluding carboxylic acids is 2. The molecular weight excluding hydrogens is 510 g/mol. The molecule has 3 aromatic rings. The molecule has 0 spiro atoms. The molecule has 0 saturated heterocycles. The first kappa shape index (κ1) is 28.2. The van der Waals surface area contributed by atoms with Crippen LogP contribution >= 0.6 is 11.6 Å². The van der Waals surface area contributed by atoms with Gasteiger partial charge in [0.1, 0.15) is 12.6 Å². The molecule has 0 aliphatic heterocycles. The molecule has 9 heteroatoms. The number of hydrogen-bond donors (Lipinski definition) is 1. The fourth-order valence-corrected chi connectivity index (χ4v) is 5.57. The van der Waals surface area contributed by atoms with Crippen molar-refractivity contribution in [3.05, 3.63) is 95.0 Å². The van der Waals surface area contributed by atoms with Crippen molar-refractivity contribution in [2.45, 2.75) is 44.7 Å². The fraction of sp³-hybridized carbons (Fsp3) is 0.286. The molecule has 0 saturated carbocycles. The maximum Gasteiger partial charge on any atom is 0.264 e. The second kappa shape index (κ2) is 12.7. The summed E-state index contributed by atoms with van der Waals surface area (Å²) in [5, 5.41) is 3.20. The fourth-order valence-electron chi connectivity index (χ4n) is 4.04. The van der Waals surface area contributed by atoms with E-state index < -0.39 is 28.5 Å². The quantitative estimate of drug-likeness (QED) is 0.378. The molecule has 0 unspecified atom stereocenters. The van der Waals surface area contributed by atoms with E-state index >= 15 is 0 Å². The van der Waals surface area contributed by atoms with E-state index in [0.717, 1.165) is 15.4 Å². The largest absolute Gasteiger partial charge is 0.355 e. The van der Waals surface area contributed by atoms with Gasteiger partial charge in [0.15, 0.2) is 0 Å². The zero-order valence-corrected chi connectivity index (χ0v) is 22.8. The monoisotopic (exact) mass is 541 g/mol. The molecule has 0 heterocycles. The third kappa shape index (κ3) is 7.11. The molecule has 0 aliphatic rings. The molecule has 7 nitrogen and oxygen atoms in total. The van der Waals surface area contributed by atoms with Crippen LogP contribution in [0.15, 0.2) is 83.8 Å². The first-order valence-corrected chi connectivity index (χ1v) is 13.9. The van der Waals surface area contributed by atoms with Gasteiger partial charge in [-0.25, -0.2) is 8.42 Å². The van der Waals surface area contributed by atoms with E-state index in [4.69, 9.17) is 11.6 Å². The van der Waals surface area contributed by atoms with Crippen LogP contribution in [0.4, 0.5) is 5.69 Å². The van der Waals surface area contributed by atoms with Gasteiger partial charge in [-0.3, -0.25) is 13.9 Å². The standard InChI is InChI=1S/C28H32ClN3O4S/c1-4-26(28(34)30-5-2)31(19-22-11-7-6-8-12-22)27(33)20-32(24-13-9-10-21(3)18-24)37(35,36)25-16-14-23(29)15-17-25/h6-18,26H,4-5,19-20H2,1-3H3,(H,30,34)/t26-/m1/s1. The van der Waals surface area contributed by atoms with Crippen molar-refractivity contribution in [3.8, 4) is 0 Å². The van der Waals surface area contributed by atoms with Crippen LogP contribution in [0.5, 0.6) is 0 Å². The number of nitrogens with zero attached hydrogens (tertiary/aromatic N) is 2. The average molecular weight is 542 g/mol. The lowest BCUT2D eigenvalue weighted by atomic mass is 10.1. The molecule has 0 aliphatic carbocycles. The first-order chi connectivity index (χ1) is 17.7. The number of carbonyl (C=O) groups is 2. The SMILES string of the molecule is CCNC(=O)[C@@H](CC)N(Cc1ccccc1)C(=O)CN(c1cccc(C)c1)S(=O)(=O)c1ccc(Cl)cc1. The zero-order chi connectivity index (χ0) is 27.0. The molecule has 0 fully saturated rings. The van der Waals surface area contributed by atoms with Gasteiger partial charge in [0.25, 0.3) is 10.0 Å². The second-order valence-corrected chi connectivity index (χ2v) is 10.9. The highest BCUT2D eigenvalue weighted by molar-refractivity contribution is 7.92. The predicted molar refractivity (Wildman–Crippen MR) is 147 cm³/mol. The maximum atomic E-state index is 13.9. The van der Waals surface area contributed by atoms with E-state index in [1.54, 1.807) is 18.2 Å². The van der Waals surface area contributed by atoms with Crippen molar-refractivity contribution in [2.75, 3.05) is 17.4 Å². The molecule has 1 atom stereocenters. The summed E-state index contributed by atoms with van der Waals surface area (Å²) in [6.45, 7) is 5.60. The van der Waals surface area contributed by atoms with Crippen LogP contribution in [0.3, 0.4) is 0 Å². The number of halogens is 1. The van der Waals surface area contributed by atoms with E-state index in [9.17, 15) is 18.0 Å². The maximum absolute atomic E-state index is 13.9. The van der Waals surface area contributed by atoms with Crippen molar-refractivity contribution < 1.29 is 18.0 Å². The van der Waals surface area contributed by atoms with Crippen molar-refractivity contribution in [3.63, 3.8) is 0 Å². The molecule has 3 aromatic carbocycles. The van der Waals surface area contributed by atoms with Crippen molar-refractivity contribution in [2.24, 2.45) is 0 Å². The Morgan fingerprint density at radius 2 is 1.62 bits per heavy atom. The molecule has 1 N–H and O–H groups in total. The van der Waals surface area contributed by atoms with E-state index in [1.165, 1.54) is 29.2 Å². The number of likely N-dealkylation sites (N-methyl/N-ethyl adjacent to an activating group) is 1.